The fourth-order valence-electron chi connectivity index (χ4n) is 2.83. The molecule has 0 aliphatic rings. The van der Waals surface area contributed by atoms with E-state index in [0.717, 1.165) is 18.2 Å². The van der Waals surface area contributed by atoms with Crippen molar-refractivity contribution in [2.45, 2.75) is 25.2 Å². The lowest BCUT2D eigenvalue weighted by molar-refractivity contribution is -0.139. The number of halogens is 7. The zero-order valence-electron chi connectivity index (χ0n) is 15.7. The number of allylic oxidation sites excluding steroid dienone is 1. The molecule has 0 saturated heterocycles. The molecule has 0 heterocycles. The molecule has 160 valence electrons. The first kappa shape index (κ1) is 24.1. The normalized spacial score (nSPS) is 15.4. The molecule has 0 aliphatic carbocycles. The molecule has 2 aromatic rings. The maximum Gasteiger partial charge on any atom is 0.399 e. The highest BCUT2D eigenvalue weighted by Crippen LogP contribution is 2.40. The van der Waals surface area contributed by atoms with Crippen LogP contribution in [0.25, 0.3) is 11.9 Å². The molecule has 0 amide bonds. The SMILES string of the molecule is C=Cc1ccc(/C(F)=C/C(c2ccc(Cl)c(Cl)c2)C(F)(F)F)cc1C(F)C(C)C=O. The lowest BCUT2D eigenvalue weighted by Crippen LogP contribution is -2.19. The summed E-state index contributed by atoms with van der Waals surface area (Å²) in [6.07, 6.45) is -4.47. The third-order valence-corrected chi connectivity index (χ3v) is 5.26. The van der Waals surface area contributed by atoms with Gasteiger partial charge in [0.15, 0.2) is 0 Å². The maximum absolute atomic E-state index is 14.8. The molecule has 0 aromatic heterocycles. The quantitative estimate of drug-likeness (QED) is 0.299. The minimum absolute atomic E-state index is 0.0382. The van der Waals surface area contributed by atoms with Crippen LogP contribution in [0.4, 0.5) is 22.0 Å². The van der Waals surface area contributed by atoms with Gasteiger partial charge in [0.05, 0.1) is 10.0 Å². The summed E-state index contributed by atoms with van der Waals surface area (Å²) < 4.78 is 70.2. The smallest absolute Gasteiger partial charge is 0.303 e. The first-order valence-electron chi connectivity index (χ1n) is 8.74. The van der Waals surface area contributed by atoms with Crippen molar-refractivity contribution in [3.05, 3.63) is 81.4 Å². The van der Waals surface area contributed by atoms with Crippen LogP contribution in [0.2, 0.25) is 10.0 Å². The third kappa shape index (κ3) is 5.49. The second-order valence-electron chi connectivity index (χ2n) is 6.65. The predicted molar refractivity (Wildman–Crippen MR) is 110 cm³/mol. The molecule has 2 rings (SSSR count). The molecule has 2 aromatic carbocycles. The molecule has 0 N–H and O–H groups in total. The van der Waals surface area contributed by atoms with E-state index in [-0.39, 0.29) is 26.7 Å². The van der Waals surface area contributed by atoms with E-state index >= 15 is 0 Å². The Kier molecular flexibility index (Phi) is 7.83. The van der Waals surface area contributed by atoms with Gasteiger partial charge in [-0.15, -0.1) is 0 Å². The Morgan fingerprint density at radius 3 is 2.30 bits per heavy atom. The highest BCUT2D eigenvalue weighted by atomic mass is 35.5. The van der Waals surface area contributed by atoms with Crippen molar-refractivity contribution in [1.29, 1.82) is 0 Å². The van der Waals surface area contributed by atoms with E-state index in [1.807, 2.05) is 0 Å². The highest BCUT2D eigenvalue weighted by Gasteiger charge is 2.40. The number of hydrogen-bond donors (Lipinski definition) is 0. The summed E-state index contributed by atoms with van der Waals surface area (Å²) in [6.45, 7) is 4.87. The molecule has 1 nitrogen and oxygen atoms in total. The maximum atomic E-state index is 14.8. The van der Waals surface area contributed by atoms with Crippen LogP contribution in [0.15, 0.2) is 49.1 Å². The molecule has 8 heteroatoms. The first-order chi connectivity index (χ1) is 14.0. The van der Waals surface area contributed by atoms with Gasteiger partial charge in [-0.2, -0.15) is 13.2 Å². The van der Waals surface area contributed by atoms with Crippen LogP contribution in [0, 0.1) is 5.92 Å². The van der Waals surface area contributed by atoms with Crippen LogP contribution in [-0.4, -0.2) is 12.5 Å². The molecular weight excluding hydrogens is 446 g/mol. The summed E-state index contributed by atoms with van der Waals surface area (Å²) >= 11 is 11.5. The van der Waals surface area contributed by atoms with E-state index in [9.17, 15) is 26.7 Å². The van der Waals surface area contributed by atoms with E-state index in [1.54, 1.807) is 0 Å². The molecule has 3 unspecified atom stereocenters. The van der Waals surface area contributed by atoms with Gasteiger partial charge in [-0.25, -0.2) is 8.78 Å². The zero-order chi connectivity index (χ0) is 22.6. The lowest BCUT2D eigenvalue weighted by atomic mass is 9.92. The number of rotatable bonds is 7. The fraction of sp³-hybridized carbons (Fsp3) is 0.227. The largest absolute Gasteiger partial charge is 0.399 e. The van der Waals surface area contributed by atoms with Gasteiger partial charge in [0.25, 0.3) is 0 Å². The van der Waals surface area contributed by atoms with Crippen molar-refractivity contribution in [3.63, 3.8) is 0 Å². The van der Waals surface area contributed by atoms with Crippen LogP contribution in [0.3, 0.4) is 0 Å². The number of aldehydes is 1. The van der Waals surface area contributed by atoms with E-state index in [4.69, 9.17) is 23.2 Å². The molecule has 0 fully saturated rings. The van der Waals surface area contributed by atoms with Crippen LogP contribution >= 0.6 is 23.2 Å². The number of hydrogen-bond acceptors (Lipinski definition) is 1. The summed E-state index contributed by atoms with van der Waals surface area (Å²) in [5.74, 6) is -4.53. The summed E-state index contributed by atoms with van der Waals surface area (Å²) in [5.41, 5.74) is -0.285. The zero-order valence-corrected chi connectivity index (χ0v) is 17.2. The van der Waals surface area contributed by atoms with Crippen LogP contribution in [0.5, 0.6) is 0 Å². The molecule has 0 aliphatic heterocycles. The van der Waals surface area contributed by atoms with Crippen LogP contribution < -0.4 is 0 Å². The Balaban J connectivity index is 2.54. The van der Waals surface area contributed by atoms with E-state index in [0.29, 0.717) is 17.9 Å². The van der Waals surface area contributed by atoms with Gasteiger partial charge in [-0.05, 0) is 41.0 Å². The van der Waals surface area contributed by atoms with Gasteiger partial charge in [0.1, 0.15) is 24.2 Å². The Labute approximate surface area is 180 Å². The average molecular weight is 463 g/mol. The highest BCUT2D eigenvalue weighted by molar-refractivity contribution is 6.42. The van der Waals surface area contributed by atoms with Gasteiger partial charge in [0.2, 0.25) is 0 Å². The average Bonchev–Trinajstić information content (AvgIpc) is 2.71. The van der Waals surface area contributed by atoms with E-state index in [2.05, 4.69) is 6.58 Å². The Morgan fingerprint density at radius 2 is 1.77 bits per heavy atom. The Bertz CT molecular complexity index is 968. The Hall–Kier alpha value is -2.18. The number of benzene rings is 2. The van der Waals surface area contributed by atoms with Gasteiger partial charge in [-0.3, -0.25) is 0 Å². The second-order valence-corrected chi connectivity index (χ2v) is 7.47. The van der Waals surface area contributed by atoms with Crippen molar-refractivity contribution < 1.29 is 26.7 Å². The monoisotopic (exact) mass is 462 g/mol. The standard InChI is InChI=1S/C22H17Cl2F5O/c1-3-13-4-5-15(8-16(13)21(26)12(2)11-30)20(25)10-17(22(27,28)29)14-6-7-18(23)19(24)9-14/h3-12,17,21H,1H2,2H3/b20-10-. The Morgan fingerprint density at radius 1 is 1.10 bits per heavy atom. The van der Waals surface area contributed by atoms with Gasteiger partial charge in [-0.1, -0.05) is 61.0 Å². The first-order valence-corrected chi connectivity index (χ1v) is 9.50. The van der Waals surface area contributed by atoms with Gasteiger partial charge in [0, 0.05) is 11.5 Å². The topological polar surface area (TPSA) is 17.1 Å². The lowest BCUT2D eigenvalue weighted by Gasteiger charge is -2.19. The number of carbonyl (C=O) groups excluding carboxylic acids is 1. The fourth-order valence-corrected chi connectivity index (χ4v) is 3.13. The minimum atomic E-state index is -4.81. The minimum Gasteiger partial charge on any atom is -0.303 e. The molecule has 3 atom stereocenters. The molecule has 0 saturated carbocycles. The number of alkyl halides is 4. The van der Waals surface area contributed by atoms with E-state index in [1.165, 1.54) is 31.2 Å². The predicted octanol–water partition coefficient (Wildman–Crippen LogP) is 8.14. The van der Waals surface area contributed by atoms with E-state index < -0.39 is 30.0 Å². The summed E-state index contributed by atoms with van der Waals surface area (Å²) in [5, 5.41) is -0.0355. The number of carbonyl (C=O) groups is 1. The van der Waals surface area contributed by atoms with Crippen LogP contribution in [-0.2, 0) is 4.79 Å². The van der Waals surface area contributed by atoms with Crippen LogP contribution in [0.1, 0.15) is 41.3 Å². The second kappa shape index (κ2) is 9.75. The van der Waals surface area contributed by atoms with Crippen molar-refractivity contribution >= 4 is 41.4 Å². The van der Waals surface area contributed by atoms with Crippen molar-refractivity contribution in [3.8, 4) is 0 Å². The summed E-state index contributed by atoms with van der Waals surface area (Å²) in [7, 11) is 0. The summed E-state index contributed by atoms with van der Waals surface area (Å²) in [4.78, 5) is 10.9. The summed E-state index contributed by atoms with van der Waals surface area (Å²) in [6, 6.07) is 6.93. The molecule has 0 spiro atoms. The molecular formula is C22H17Cl2F5O. The third-order valence-electron chi connectivity index (χ3n) is 4.52. The molecule has 0 bridgehead atoms. The molecule has 30 heavy (non-hydrogen) atoms. The van der Waals surface area contributed by atoms with Crippen molar-refractivity contribution in [1.82, 2.24) is 0 Å². The van der Waals surface area contributed by atoms with Gasteiger partial charge < -0.3 is 4.79 Å². The van der Waals surface area contributed by atoms with Crippen molar-refractivity contribution in [2.24, 2.45) is 5.92 Å². The van der Waals surface area contributed by atoms with Gasteiger partial charge >= 0.3 is 6.18 Å². The van der Waals surface area contributed by atoms with Crippen molar-refractivity contribution in [2.75, 3.05) is 0 Å². The molecule has 0 radical (unpaired) electrons.